The number of hydrogen-bond donors (Lipinski definition) is 1. The summed E-state index contributed by atoms with van der Waals surface area (Å²) in [5, 5.41) is 2.94. The van der Waals surface area contributed by atoms with Gasteiger partial charge in [-0.25, -0.2) is 0 Å². The molecule has 2 amide bonds. The average Bonchev–Trinajstić information content (AvgIpc) is 3.74. The standard InChI is InChI=1S/C30H33N3O3/c1-20-6-8-23(9-7-20)28-27-19-26(13-12-22(27)15-18-33(28)30(35)24-10-11-24)36-21(2)29(34)32-17-14-25-5-3-4-16-31-25/h3-9,12-13,16,19,21,24,28H,10-11,14-15,17-18H2,1-2H3,(H,32,34)/t21-,28+/m1/s1. The maximum Gasteiger partial charge on any atom is 0.260 e. The Morgan fingerprint density at radius 3 is 2.64 bits per heavy atom. The predicted octanol–water partition coefficient (Wildman–Crippen LogP) is 4.40. The van der Waals surface area contributed by atoms with E-state index >= 15 is 0 Å². The molecule has 2 heterocycles. The molecule has 1 saturated carbocycles. The second-order valence-corrected chi connectivity index (χ2v) is 9.85. The lowest BCUT2D eigenvalue weighted by Gasteiger charge is -2.38. The first-order valence-corrected chi connectivity index (χ1v) is 12.8. The summed E-state index contributed by atoms with van der Waals surface area (Å²) in [5.41, 5.74) is 5.54. The number of rotatable bonds is 8. The van der Waals surface area contributed by atoms with E-state index in [1.807, 2.05) is 35.2 Å². The second kappa shape index (κ2) is 10.5. The van der Waals surface area contributed by atoms with E-state index in [0.717, 1.165) is 42.6 Å². The van der Waals surface area contributed by atoms with Crippen LogP contribution in [0.1, 0.15) is 53.8 Å². The number of aromatic nitrogens is 1. The largest absolute Gasteiger partial charge is 0.481 e. The number of ether oxygens (including phenoxy) is 1. The molecule has 186 valence electrons. The molecule has 1 aliphatic carbocycles. The van der Waals surface area contributed by atoms with Crippen LogP contribution in [-0.4, -0.2) is 40.9 Å². The van der Waals surface area contributed by atoms with Crippen LogP contribution in [0.5, 0.6) is 5.75 Å². The zero-order chi connectivity index (χ0) is 25.1. The summed E-state index contributed by atoms with van der Waals surface area (Å²) < 4.78 is 6.07. The Labute approximate surface area is 212 Å². The number of nitrogens with zero attached hydrogens (tertiary/aromatic N) is 2. The number of fused-ring (bicyclic) bond motifs is 1. The molecule has 36 heavy (non-hydrogen) atoms. The summed E-state index contributed by atoms with van der Waals surface area (Å²) in [4.78, 5) is 32.2. The fourth-order valence-corrected chi connectivity index (χ4v) is 4.84. The Balaban J connectivity index is 1.32. The maximum atomic E-state index is 13.2. The van der Waals surface area contributed by atoms with Gasteiger partial charge in [-0.3, -0.25) is 14.6 Å². The Morgan fingerprint density at radius 1 is 1.11 bits per heavy atom. The monoisotopic (exact) mass is 483 g/mol. The Morgan fingerprint density at radius 2 is 1.92 bits per heavy atom. The highest BCUT2D eigenvalue weighted by Crippen LogP contribution is 2.41. The molecule has 2 aromatic carbocycles. The van der Waals surface area contributed by atoms with Crippen molar-refractivity contribution in [2.24, 2.45) is 5.92 Å². The first-order chi connectivity index (χ1) is 17.5. The molecule has 1 fully saturated rings. The maximum absolute atomic E-state index is 13.2. The predicted molar refractivity (Wildman–Crippen MR) is 139 cm³/mol. The molecule has 0 saturated heterocycles. The number of carbonyl (C=O) groups excluding carboxylic acids is 2. The molecule has 1 aromatic heterocycles. The number of hydrogen-bond acceptors (Lipinski definition) is 4. The minimum atomic E-state index is -0.641. The molecule has 0 bridgehead atoms. The van der Waals surface area contributed by atoms with E-state index in [-0.39, 0.29) is 23.8 Å². The highest BCUT2D eigenvalue weighted by Gasteiger charge is 2.39. The van der Waals surface area contributed by atoms with Gasteiger partial charge in [-0.1, -0.05) is 42.0 Å². The fourth-order valence-electron chi connectivity index (χ4n) is 4.84. The van der Waals surface area contributed by atoms with E-state index in [2.05, 4.69) is 47.6 Å². The lowest BCUT2D eigenvalue weighted by molar-refractivity contribution is -0.134. The number of amides is 2. The van der Waals surface area contributed by atoms with Gasteiger partial charge in [-0.05, 0) is 74.1 Å². The molecule has 0 unspecified atom stereocenters. The van der Waals surface area contributed by atoms with Crippen molar-refractivity contribution in [2.45, 2.75) is 51.7 Å². The molecule has 0 radical (unpaired) electrons. The molecule has 5 rings (SSSR count). The molecular weight excluding hydrogens is 450 g/mol. The molecule has 1 aliphatic heterocycles. The number of pyridine rings is 1. The molecule has 6 nitrogen and oxygen atoms in total. The summed E-state index contributed by atoms with van der Waals surface area (Å²) in [6, 6.07) is 20.1. The lowest BCUT2D eigenvalue weighted by Crippen LogP contribution is -2.41. The van der Waals surface area contributed by atoms with Gasteiger partial charge in [-0.15, -0.1) is 0 Å². The van der Waals surface area contributed by atoms with Gasteiger partial charge >= 0.3 is 0 Å². The minimum Gasteiger partial charge on any atom is -0.481 e. The normalized spacial score (nSPS) is 17.7. The van der Waals surface area contributed by atoms with Gasteiger partial charge in [0.15, 0.2) is 6.10 Å². The molecule has 0 spiro atoms. The zero-order valence-corrected chi connectivity index (χ0v) is 20.9. The van der Waals surface area contributed by atoms with Crippen molar-refractivity contribution < 1.29 is 14.3 Å². The van der Waals surface area contributed by atoms with Crippen molar-refractivity contribution in [1.29, 1.82) is 0 Å². The van der Waals surface area contributed by atoms with Crippen molar-refractivity contribution in [3.05, 3.63) is 94.8 Å². The second-order valence-electron chi connectivity index (χ2n) is 9.85. The summed E-state index contributed by atoms with van der Waals surface area (Å²) in [5.74, 6) is 0.884. The van der Waals surface area contributed by atoms with Crippen LogP contribution >= 0.6 is 0 Å². The van der Waals surface area contributed by atoms with Crippen molar-refractivity contribution in [3.63, 3.8) is 0 Å². The first kappa shape index (κ1) is 24.0. The minimum absolute atomic E-state index is 0.145. The van der Waals surface area contributed by atoms with Crippen LogP contribution in [0.15, 0.2) is 66.9 Å². The quantitative estimate of drug-likeness (QED) is 0.516. The third-order valence-corrected chi connectivity index (χ3v) is 7.04. The number of nitrogens with one attached hydrogen (secondary N) is 1. The Bertz CT molecular complexity index is 1220. The van der Waals surface area contributed by atoms with E-state index in [4.69, 9.17) is 4.74 Å². The molecule has 6 heteroatoms. The van der Waals surface area contributed by atoms with Gasteiger partial charge in [0.2, 0.25) is 5.91 Å². The topological polar surface area (TPSA) is 71.5 Å². The summed E-state index contributed by atoms with van der Waals surface area (Å²) in [6.07, 6.45) is 4.57. The number of aryl methyl sites for hydroxylation is 1. The molecule has 3 aromatic rings. The average molecular weight is 484 g/mol. The third kappa shape index (κ3) is 5.43. The van der Waals surface area contributed by atoms with Crippen molar-refractivity contribution in [3.8, 4) is 5.75 Å². The van der Waals surface area contributed by atoms with Gasteiger partial charge in [0.1, 0.15) is 5.75 Å². The van der Waals surface area contributed by atoms with Gasteiger partial charge in [0, 0.05) is 37.3 Å². The van der Waals surface area contributed by atoms with Crippen LogP contribution in [0, 0.1) is 12.8 Å². The lowest BCUT2D eigenvalue weighted by atomic mass is 9.87. The fraction of sp³-hybridized carbons (Fsp3) is 0.367. The van der Waals surface area contributed by atoms with Crippen molar-refractivity contribution in [2.75, 3.05) is 13.1 Å². The molecular formula is C30H33N3O3. The highest BCUT2D eigenvalue weighted by molar-refractivity contribution is 5.82. The van der Waals surface area contributed by atoms with Gasteiger partial charge in [-0.2, -0.15) is 0 Å². The van der Waals surface area contributed by atoms with Crippen LogP contribution in [0.2, 0.25) is 0 Å². The third-order valence-electron chi connectivity index (χ3n) is 7.04. The zero-order valence-electron chi connectivity index (χ0n) is 20.9. The van der Waals surface area contributed by atoms with E-state index in [9.17, 15) is 9.59 Å². The van der Waals surface area contributed by atoms with Crippen molar-refractivity contribution in [1.82, 2.24) is 15.2 Å². The SMILES string of the molecule is Cc1ccc([C@H]2c3cc(O[C@H](C)C(=O)NCCc4ccccn4)ccc3CCN2C(=O)C2CC2)cc1. The highest BCUT2D eigenvalue weighted by atomic mass is 16.5. The van der Waals surface area contributed by atoms with Crippen LogP contribution in [0.3, 0.4) is 0 Å². The van der Waals surface area contributed by atoms with Crippen LogP contribution < -0.4 is 10.1 Å². The van der Waals surface area contributed by atoms with Crippen LogP contribution in [-0.2, 0) is 22.4 Å². The van der Waals surface area contributed by atoms with E-state index < -0.39 is 6.10 Å². The smallest absolute Gasteiger partial charge is 0.260 e. The van der Waals surface area contributed by atoms with E-state index in [1.165, 1.54) is 11.1 Å². The van der Waals surface area contributed by atoms with E-state index in [0.29, 0.717) is 18.7 Å². The van der Waals surface area contributed by atoms with Crippen LogP contribution in [0.4, 0.5) is 0 Å². The summed E-state index contributed by atoms with van der Waals surface area (Å²) >= 11 is 0. The Hall–Kier alpha value is -3.67. The van der Waals surface area contributed by atoms with Gasteiger partial charge in [0.25, 0.3) is 5.91 Å². The first-order valence-electron chi connectivity index (χ1n) is 12.8. The van der Waals surface area contributed by atoms with E-state index in [1.54, 1.807) is 13.1 Å². The van der Waals surface area contributed by atoms with Crippen molar-refractivity contribution >= 4 is 11.8 Å². The molecule has 1 N–H and O–H groups in total. The molecule has 2 aliphatic rings. The number of carbonyl (C=O) groups is 2. The Kier molecular flexibility index (Phi) is 7.03. The molecule has 2 atom stereocenters. The van der Waals surface area contributed by atoms with Gasteiger partial charge in [0.05, 0.1) is 6.04 Å². The number of benzene rings is 2. The van der Waals surface area contributed by atoms with Gasteiger partial charge < -0.3 is 15.0 Å². The summed E-state index contributed by atoms with van der Waals surface area (Å²) in [6.45, 7) is 5.05. The summed E-state index contributed by atoms with van der Waals surface area (Å²) in [7, 11) is 0. The van der Waals surface area contributed by atoms with Crippen LogP contribution in [0.25, 0.3) is 0 Å².